The number of hydrogen-bond donors (Lipinski definition) is 2. The molecule has 1 aromatic heterocycles. The summed E-state index contributed by atoms with van der Waals surface area (Å²) in [5.41, 5.74) is 1.08. The topological polar surface area (TPSA) is 59.0 Å². The third-order valence-corrected chi connectivity index (χ3v) is 3.28. The second-order valence-electron chi connectivity index (χ2n) is 4.42. The monoisotopic (exact) mass is 292 g/mol. The number of aromatic nitrogens is 2. The first-order chi connectivity index (χ1) is 9.66. The molecule has 0 atom stereocenters. The molecular weight excluding hydrogens is 276 g/mol. The van der Waals surface area contributed by atoms with Gasteiger partial charge in [-0.1, -0.05) is 41.9 Å². The highest BCUT2D eigenvalue weighted by atomic mass is 35.5. The highest BCUT2D eigenvalue weighted by Crippen LogP contribution is 2.08. The first-order valence-corrected chi connectivity index (χ1v) is 6.72. The predicted molar refractivity (Wildman–Crippen MR) is 78.2 cm³/mol. The van der Waals surface area contributed by atoms with Gasteiger partial charge in [-0.15, -0.1) is 0 Å². The van der Waals surface area contributed by atoms with Gasteiger partial charge in [0.05, 0.1) is 19.3 Å². The Bertz CT molecular complexity index is 568. The first kappa shape index (κ1) is 14.6. The van der Waals surface area contributed by atoms with E-state index >= 15 is 0 Å². The fraction of sp³-hybridized carbons (Fsp3) is 0.286. The Kier molecular flexibility index (Phi) is 5.15. The molecule has 1 amide bonds. The summed E-state index contributed by atoms with van der Waals surface area (Å²) in [4.78, 5) is 15.8. The van der Waals surface area contributed by atoms with Crippen LogP contribution in [0.15, 0.2) is 36.5 Å². The zero-order chi connectivity index (χ0) is 14.4. The van der Waals surface area contributed by atoms with Gasteiger partial charge in [-0.25, -0.2) is 4.98 Å². The van der Waals surface area contributed by atoms with E-state index in [9.17, 15) is 4.79 Å². The number of amides is 1. The van der Waals surface area contributed by atoms with Gasteiger partial charge >= 0.3 is 0 Å². The second-order valence-corrected chi connectivity index (χ2v) is 4.81. The number of imidazole rings is 1. The molecule has 0 fully saturated rings. The highest BCUT2D eigenvalue weighted by molar-refractivity contribution is 6.29. The SMILES string of the molecule is Cn1c(Cl)cnc1CNCC(=O)NCc1ccccc1. The number of hydrogen-bond acceptors (Lipinski definition) is 3. The van der Waals surface area contributed by atoms with E-state index < -0.39 is 0 Å². The molecule has 0 radical (unpaired) electrons. The average Bonchev–Trinajstić information content (AvgIpc) is 2.78. The van der Waals surface area contributed by atoms with Crippen molar-refractivity contribution in [2.24, 2.45) is 7.05 Å². The molecule has 2 rings (SSSR count). The van der Waals surface area contributed by atoms with Gasteiger partial charge in [0.15, 0.2) is 0 Å². The van der Waals surface area contributed by atoms with Crippen molar-refractivity contribution in [2.75, 3.05) is 6.54 Å². The number of benzene rings is 1. The van der Waals surface area contributed by atoms with Gasteiger partial charge in [0.1, 0.15) is 11.0 Å². The van der Waals surface area contributed by atoms with Gasteiger partial charge in [0.2, 0.25) is 5.91 Å². The van der Waals surface area contributed by atoms with E-state index in [-0.39, 0.29) is 12.5 Å². The lowest BCUT2D eigenvalue weighted by Gasteiger charge is -2.07. The molecule has 0 bridgehead atoms. The van der Waals surface area contributed by atoms with Gasteiger partial charge in [-0.2, -0.15) is 0 Å². The molecule has 0 spiro atoms. The fourth-order valence-electron chi connectivity index (χ4n) is 1.74. The summed E-state index contributed by atoms with van der Waals surface area (Å²) in [6.07, 6.45) is 1.59. The number of carbonyl (C=O) groups excluding carboxylic acids is 1. The van der Waals surface area contributed by atoms with Gasteiger partial charge in [-0.05, 0) is 5.56 Å². The van der Waals surface area contributed by atoms with E-state index in [1.807, 2.05) is 37.4 Å². The van der Waals surface area contributed by atoms with Crippen molar-refractivity contribution in [1.82, 2.24) is 20.2 Å². The zero-order valence-corrected chi connectivity index (χ0v) is 12.0. The molecule has 2 N–H and O–H groups in total. The van der Waals surface area contributed by atoms with Crippen LogP contribution in [0.5, 0.6) is 0 Å². The van der Waals surface area contributed by atoms with Crippen LogP contribution in [0.25, 0.3) is 0 Å². The van der Waals surface area contributed by atoms with Crippen LogP contribution in [0.4, 0.5) is 0 Å². The van der Waals surface area contributed by atoms with Gasteiger partial charge < -0.3 is 15.2 Å². The molecule has 20 heavy (non-hydrogen) atoms. The van der Waals surface area contributed by atoms with Crippen LogP contribution in [0.2, 0.25) is 5.15 Å². The molecule has 5 nitrogen and oxygen atoms in total. The number of nitrogens with zero attached hydrogens (tertiary/aromatic N) is 2. The molecule has 0 aliphatic rings. The summed E-state index contributed by atoms with van der Waals surface area (Å²) in [5.74, 6) is 0.750. The summed E-state index contributed by atoms with van der Waals surface area (Å²) in [7, 11) is 1.84. The van der Waals surface area contributed by atoms with E-state index in [0.29, 0.717) is 18.2 Å². The Hall–Kier alpha value is -1.85. The second kappa shape index (κ2) is 7.07. The van der Waals surface area contributed by atoms with Crippen molar-refractivity contribution < 1.29 is 4.79 Å². The van der Waals surface area contributed by atoms with Crippen LogP contribution in [0, 0.1) is 0 Å². The van der Waals surface area contributed by atoms with E-state index in [2.05, 4.69) is 15.6 Å². The Balaban J connectivity index is 1.69. The quantitative estimate of drug-likeness (QED) is 0.848. The molecule has 0 unspecified atom stereocenters. The fourth-order valence-corrected chi connectivity index (χ4v) is 1.88. The Morgan fingerprint density at radius 2 is 2.05 bits per heavy atom. The first-order valence-electron chi connectivity index (χ1n) is 6.34. The number of carbonyl (C=O) groups is 1. The van der Waals surface area contributed by atoms with E-state index in [0.717, 1.165) is 11.4 Å². The third-order valence-electron chi connectivity index (χ3n) is 2.93. The summed E-state index contributed by atoms with van der Waals surface area (Å²) in [6, 6.07) is 9.80. The van der Waals surface area contributed by atoms with Crippen LogP contribution in [-0.4, -0.2) is 22.0 Å². The maximum Gasteiger partial charge on any atom is 0.234 e. The van der Waals surface area contributed by atoms with Crippen LogP contribution >= 0.6 is 11.6 Å². The summed E-state index contributed by atoms with van der Waals surface area (Å²) in [6.45, 7) is 1.29. The molecule has 0 aliphatic heterocycles. The average molecular weight is 293 g/mol. The van der Waals surface area contributed by atoms with Crippen LogP contribution in [0.3, 0.4) is 0 Å². The largest absolute Gasteiger partial charge is 0.351 e. The van der Waals surface area contributed by atoms with Crippen molar-refractivity contribution >= 4 is 17.5 Å². The van der Waals surface area contributed by atoms with Crippen molar-refractivity contribution in [3.05, 3.63) is 53.1 Å². The molecule has 106 valence electrons. The highest BCUT2D eigenvalue weighted by Gasteiger charge is 2.05. The molecule has 1 heterocycles. The standard InChI is InChI=1S/C14H17ClN4O/c1-19-12(15)8-17-13(19)9-16-10-14(20)18-7-11-5-3-2-4-6-11/h2-6,8,16H,7,9-10H2,1H3,(H,18,20). The minimum absolute atomic E-state index is 0.0471. The lowest BCUT2D eigenvalue weighted by molar-refractivity contribution is -0.120. The summed E-state index contributed by atoms with van der Waals surface area (Å²) < 4.78 is 1.77. The van der Waals surface area contributed by atoms with Crippen LogP contribution < -0.4 is 10.6 Å². The molecule has 0 saturated heterocycles. The van der Waals surface area contributed by atoms with Gasteiger partial charge in [0.25, 0.3) is 0 Å². The molecule has 0 aliphatic carbocycles. The smallest absolute Gasteiger partial charge is 0.234 e. The number of halogens is 1. The summed E-state index contributed by atoms with van der Waals surface area (Å²) in [5, 5.41) is 6.47. The van der Waals surface area contributed by atoms with Crippen molar-refractivity contribution in [2.45, 2.75) is 13.1 Å². The predicted octanol–water partition coefficient (Wildman–Crippen LogP) is 1.48. The molecular formula is C14H17ClN4O. The van der Waals surface area contributed by atoms with Crippen LogP contribution in [0.1, 0.15) is 11.4 Å². The lowest BCUT2D eigenvalue weighted by Crippen LogP contribution is -2.33. The minimum atomic E-state index is -0.0471. The van der Waals surface area contributed by atoms with Gasteiger partial charge in [-0.3, -0.25) is 4.79 Å². The van der Waals surface area contributed by atoms with Crippen molar-refractivity contribution in [1.29, 1.82) is 0 Å². The molecule has 1 aromatic carbocycles. The third kappa shape index (κ3) is 4.08. The van der Waals surface area contributed by atoms with Gasteiger partial charge in [0, 0.05) is 13.6 Å². The summed E-state index contributed by atoms with van der Waals surface area (Å²) >= 11 is 5.88. The zero-order valence-electron chi connectivity index (χ0n) is 11.3. The molecule has 6 heteroatoms. The van der Waals surface area contributed by atoms with E-state index in [4.69, 9.17) is 11.6 Å². The minimum Gasteiger partial charge on any atom is -0.351 e. The van der Waals surface area contributed by atoms with Crippen molar-refractivity contribution in [3.63, 3.8) is 0 Å². The normalized spacial score (nSPS) is 10.5. The van der Waals surface area contributed by atoms with Crippen molar-refractivity contribution in [3.8, 4) is 0 Å². The lowest BCUT2D eigenvalue weighted by atomic mass is 10.2. The molecule has 0 saturated carbocycles. The Morgan fingerprint density at radius 1 is 1.30 bits per heavy atom. The maximum absolute atomic E-state index is 11.7. The number of nitrogens with one attached hydrogen (secondary N) is 2. The van der Waals surface area contributed by atoms with E-state index in [1.165, 1.54) is 0 Å². The maximum atomic E-state index is 11.7. The Morgan fingerprint density at radius 3 is 2.70 bits per heavy atom. The molecule has 2 aromatic rings. The van der Waals surface area contributed by atoms with E-state index in [1.54, 1.807) is 10.8 Å². The number of rotatable bonds is 6. The van der Waals surface area contributed by atoms with Crippen LogP contribution in [-0.2, 0) is 24.9 Å². The Labute approximate surface area is 123 Å².